The highest BCUT2D eigenvalue weighted by Gasteiger charge is 2.21. The number of halogens is 2. The summed E-state index contributed by atoms with van der Waals surface area (Å²) in [6.07, 6.45) is 2.44. The predicted molar refractivity (Wildman–Crippen MR) is 200 cm³/mol. The number of hydrogen-bond acceptors (Lipinski definition) is 8. The third-order valence-corrected chi connectivity index (χ3v) is 10.3. The second-order valence-electron chi connectivity index (χ2n) is 14.0. The average molecular weight is 696 g/mol. The maximum atomic E-state index is 14.1. The van der Waals surface area contributed by atoms with Crippen molar-refractivity contribution in [1.29, 1.82) is 5.26 Å². The zero-order valence-corrected chi connectivity index (χ0v) is 29.3. The van der Waals surface area contributed by atoms with Gasteiger partial charge in [0.05, 0.1) is 5.56 Å². The molecule has 3 aromatic carbocycles. The van der Waals surface area contributed by atoms with Crippen LogP contribution >= 0.6 is 0 Å². The molecule has 0 aliphatic carbocycles. The van der Waals surface area contributed by atoms with E-state index in [0.29, 0.717) is 39.3 Å². The monoisotopic (exact) mass is 695 g/mol. The molecule has 6 aromatic rings. The van der Waals surface area contributed by atoms with Crippen LogP contribution in [0, 0.1) is 25.2 Å². The Balaban J connectivity index is 1.12. The number of fused-ring (bicyclic) bond motifs is 2. The van der Waals surface area contributed by atoms with E-state index in [-0.39, 0.29) is 5.69 Å². The van der Waals surface area contributed by atoms with E-state index in [1.165, 1.54) is 24.5 Å². The van der Waals surface area contributed by atoms with Crippen LogP contribution in [0.5, 0.6) is 0 Å². The van der Waals surface area contributed by atoms with Gasteiger partial charge in [-0.2, -0.15) is 5.26 Å². The average Bonchev–Trinajstić information content (AvgIpc) is 3.90. The summed E-state index contributed by atoms with van der Waals surface area (Å²) in [5.74, 6) is 0.735. The standard InChI is InChI=1S/C42H39F2N7O/c1-25-12-15-51(22-25)23-28-16-31(20-45)39-36(18-28)49-42(52-39)34-10-6-8-32(26(34)2)33-9-7-11-35(27(33)3)47-41-38-30(19-37(48-41)40(43)44)17-29(21-46-38)24-50-13-4-5-14-50/h6-11,16-19,21,40H,1,4-5,12-15,22-24H2,2-3H3,(H,47,48). The summed E-state index contributed by atoms with van der Waals surface area (Å²) in [5, 5.41) is 14.0. The molecule has 0 amide bonds. The molecular weight excluding hydrogens is 657 g/mol. The number of rotatable bonds is 9. The Bertz CT molecular complexity index is 2390. The molecule has 2 aliphatic heterocycles. The molecule has 262 valence electrons. The molecule has 10 heteroatoms. The third kappa shape index (κ3) is 6.54. The normalized spacial score (nSPS) is 15.3. The lowest BCUT2D eigenvalue weighted by molar-refractivity contribution is 0.146. The second kappa shape index (κ2) is 13.9. The summed E-state index contributed by atoms with van der Waals surface area (Å²) < 4.78 is 34.5. The molecule has 1 N–H and O–H groups in total. The van der Waals surface area contributed by atoms with E-state index in [0.717, 1.165) is 90.3 Å². The number of pyridine rings is 2. The number of anilines is 2. The number of aromatic nitrogens is 3. The zero-order chi connectivity index (χ0) is 35.9. The fraction of sp³-hybridized carbons (Fsp3) is 0.286. The fourth-order valence-electron chi connectivity index (χ4n) is 7.61. The topological polar surface area (TPSA) is 94.1 Å². The van der Waals surface area contributed by atoms with Crippen LogP contribution in [0.15, 0.2) is 83.4 Å². The summed E-state index contributed by atoms with van der Waals surface area (Å²) in [4.78, 5) is 18.6. The molecule has 2 aliphatic rings. The van der Waals surface area contributed by atoms with Gasteiger partial charge in [0.2, 0.25) is 5.89 Å². The Labute approximate surface area is 301 Å². The molecule has 0 unspecified atom stereocenters. The lowest BCUT2D eigenvalue weighted by Crippen LogP contribution is -2.18. The first kappa shape index (κ1) is 33.6. The van der Waals surface area contributed by atoms with Crippen molar-refractivity contribution in [3.8, 4) is 28.7 Å². The smallest absolute Gasteiger partial charge is 0.280 e. The highest BCUT2D eigenvalue weighted by molar-refractivity contribution is 5.92. The minimum Gasteiger partial charge on any atom is -0.435 e. The first-order valence-corrected chi connectivity index (χ1v) is 17.7. The van der Waals surface area contributed by atoms with E-state index < -0.39 is 6.43 Å². The van der Waals surface area contributed by atoms with E-state index in [4.69, 9.17) is 14.4 Å². The van der Waals surface area contributed by atoms with Gasteiger partial charge in [0, 0.05) is 49.0 Å². The quantitative estimate of drug-likeness (QED) is 0.150. The molecule has 0 bridgehead atoms. The van der Waals surface area contributed by atoms with Gasteiger partial charge in [-0.25, -0.2) is 18.7 Å². The molecular formula is C42H39F2N7O. The summed E-state index contributed by atoms with van der Waals surface area (Å²) >= 11 is 0. The molecule has 8 rings (SSSR count). The Morgan fingerprint density at radius 2 is 1.65 bits per heavy atom. The Morgan fingerprint density at radius 1 is 0.904 bits per heavy atom. The number of oxazole rings is 1. The van der Waals surface area contributed by atoms with E-state index in [2.05, 4.69) is 32.7 Å². The lowest BCUT2D eigenvalue weighted by Gasteiger charge is -2.18. The van der Waals surface area contributed by atoms with Crippen LogP contribution < -0.4 is 5.32 Å². The van der Waals surface area contributed by atoms with Crippen molar-refractivity contribution in [2.24, 2.45) is 0 Å². The molecule has 5 heterocycles. The predicted octanol–water partition coefficient (Wildman–Crippen LogP) is 9.63. The van der Waals surface area contributed by atoms with Crippen molar-refractivity contribution in [1.82, 2.24) is 24.8 Å². The largest absolute Gasteiger partial charge is 0.435 e. The summed E-state index contributed by atoms with van der Waals surface area (Å²) in [6.45, 7) is 13.5. The van der Waals surface area contributed by atoms with Crippen LogP contribution in [0.2, 0.25) is 0 Å². The molecule has 0 spiro atoms. The number of hydrogen-bond donors (Lipinski definition) is 1. The molecule has 3 aromatic heterocycles. The maximum Gasteiger partial charge on any atom is 0.280 e. The van der Waals surface area contributed by atoms with Gasteiger partial charge in [0.25, 0.3) is 6.43 Å². The first-order chi connectivity index (χ1) is 25.2. The van der Waals surface area contributed by atoms with Crippen molar-refractivity contribution in [2.45, 2.75) is 52.6 Å². The van der Waals surface area contributed by atoms with Crippen molar-refractivity contribution in [3.05, 3.63) is 113 Å². The van der Waals surface area contributed by atoms with Crippen molar-refractivity contribution >= 4 is 33.5 Å². The van der Waals surface area contributed by atoms with Crippen molar-refractivity contribution < 1.29 is 13.2 Å². The zero-order valence-electron chi connectivity index (χ0n) is 29.3. The van der Waals surface area contributed by atoms with Crippen LogP contribution in [-0.2, 0) is 13.1 Å². The molecule has 0 saturated carbocycles. The highest BCUT2D eigenvalue weighted by Crippen LogP contribution is 2.38. The Morgan fingerprint density at radius 3 is 2.40 bits per heavy atom. The lowest BCUT2D eigenvalue weighted by atomic mass is 9.93. The number of alkyl halides is 2. The van der Waals surface area contributed by atoms with Gasteiger partial charge in [0.1, 0.15) is 22.8 Å². The van der Waals surface area contributed by atoms with Gasteiger partial charge in [-0.1, -0.05) is 36.4 Å². The van der Waals surface area contributed by atoms with E-state index in [1.807, 2.05) is 74.6 Å². The van der Waals surface area contributed by atoms with Crippen LogP contribution in [0.25, 0.3) is 44.6 Å². The number of nitrogens with zero attached hydrogens (tertiary/aromatic N) is 6. The van der Waals surface area contributed by atoms with Gasteiger partial charge in [-0.3, -0.25) is 14.8 Å². The number of benzene rings is 3. The summed E-state index contributed by atoms with van der Waals surface area (Å²) in [6, 6.07) is 21.5. The highest BCUT2D eigenvalue weighted by atomic mass is 19.3. The molecule has 2 fully saturated rings. The fourth-order valence-corrected chi connectivity index (χ4v) is 7.61. The third-order valence-electron chi connectivity index (χ3n) is 10.3. The van der Waals surface area contributed by atoms with Gasteiger partial charge in [-0.05, 0) is 116 Å². The minimum absolute atomic E-state index is 0.292. The molecule has 8 nitrogen and oxygen atoms in total. The minimum atomic E-state index is -2.72. The molecule has 0 radical (unpaired) electrons. The Kier molecular flexibility index (Phi) is 8.99. The maximum absolute atomic E-state index is 14.1. The summed E-state index contributed by atoms with van der Waals surface area (Å²) in [7, 11) is 0. The summed E-state index contributed by atoms with van der Waals surface area (Å²) in [5.41, 5.74) is 10.4. The SMILES string of the molecule is C=C1CCN(Cc2cc(C#N)c3oc(-c4cccc(-c5cccc(Nc6nc(C(F)F)cc7cc(CN8CCCC8)cnc67)c5C)c4C)nc3c2)C1. The van der Waals surface area contributed by atoms with Crippen LogP contribution in [0.3, 0.4) is 0 Å². The van der Waals surface area contributed by atoms with E-state index in [1.54, 1.807) is 0 Å². The van der Waals surface area contributed by atoms with E-state index in [9.17, 15) is 14.0 Å². The molecule has 52 heavy (non-hydrogen) atoms. The number of nitrogens with one attached hydrogen (secondary N) is 1. The van der Waals surface area contributed by atoms with Crippen molar-refractivity contribution in [2.75, 3.05) is 31.5 Å². The first-order valence-electron chi connectivity index (χ1n) is 17.7. The molecule has 2 saturated heterocycles. The van der Waals surface area contributed by atoms with Crippen molar-refractivity contribution in [3.63, 3.8) is 0 Å². The van der Waals surface area contributed by atoms with Gasteiger partial charge in [-0.15, -0.1) is 0 Å². The molecule has 0 atom stereocenters. The van der Waals surface area contributed by atoms with Gasteiger partial charge in [0.15, 0.2) is 11.4 Å². The van der Waals surface area contributed by atoms with Crippen LogP contribution in [0.4, 0.5) is 20.3 Å². The number of nitriles is 1. The van der Waals surface area contributed by atoms with Gasteiger partial charge < -0.3 is 9.73 Å². The second-order valence-corrected chi connectivity index (χ2v) is 14.0. The Hall–Kier alpha value is -5.50. The number of likely N-dealkylation sites (tertiary alicyclic amines) is 2. The van der Waals surface area contributed by atoms with Gasteiger partial charge >= 0.3 is 0 Å². The van der Waals surface area contributed by atoms with Crippen LogP contribution in [-0.4, -0.2) is 50.9 Å². The van der Waals surface area contributed by atoms with E-state index >= 15 is 0 Å². The van der Waals surface area contributed by atoms with Crippen LogP contribution in [0.1, 0.15) is 59.2 Å².